The van der Waals surface area contributed by atoms with Crippen LogP contribution in [0.4, 0.5) is 0 Å². The summed E-state index contributed by atoms with van der Waals surface area (Å²) in [6, 6.07) is 5.00. The number of nitrogens with two attached hydrogens (primary N) is 2. The highest BCUT2D eigenvalue weighted by atomic mass is 16.5. The number of ether oxygens (including phenoxy) is 1. The van der Waals surface area contributed by atoms with Crippen molar-refractivity contribution in [2.45, 2.75) is 38.1 Å². The quantitative estimate of drug-likeness (QED) is 0.618. The van der Waals surface area contributed by atoms with E-state index in [1.807, 2.05) is 0 Å². The van der Waals surface area contributed by atoms with Gasteiger partial charge in [0.05, 0.1) is 13.7 Å². The largest absolute Gasteiger partial charge is 0.504 e. The van der Waals surface area contributed by atoms with Gasteiger partial charge in [-0.05, 0) is 31.0 Å². The fourth-order valence-electron chi connectivity index (χ4n) is 1.91. The number of carboxylic acid groups (broad SMARTS) is 1. The molecule has 0 saturated heterocycles. The molecular formula is C16H26N2O5. The summed E-state index contributed by atoms with van der Waals surface area (Å²) in [5.74, 6) is -0.613. The predicted octanol–water partition coefficient (Wildman–Crippen LogP) is 1.52. The Morgan fingerprint density at radius 3 is 2.22 bits per heavy atom. The summed E-state index contributed by atoms with van der Waals surface area (Å²) >= 11 is 0. The van der Waals surface area contributed by atoms with Crippen LogP contribution in [0.5, 0.6) is 11.5 Å². The van der Waals surface area contributed by atoms with E-state index in [2.05, 4.69) is 5.73 Å². The maximum atomic E-state index is 10.2. The van der Waals surface area contributed by atoms with E-state index in [1.54, 1.807) is 12.1 Å². The number of carboxylic acids is 1. The fourth-order valence-corrected chi connectivity index (χ4v) is 1.91. The highest BCUT2D eigenvalue weighted by molar-refractivity contribution is 5.76. The van der Waals surface area contributed by atoms with E-state index in [-0.39, 0.29) is 12.3 Å². The van der Waals surface area contributed by atoms with Gasteiger partial charge in [0.2, 0.25) is 0 Å². The summed E-state index contributed by atoms with van der Waals surface area (Å²) in [6.45, 7) is -0.278. The smallest absolute Gasteiger partial charge is 0.317 e. The van der Waals surface area contributed by atoms with Crippen molar-refractivity contribution in [1.29, 1.82) is 0 Å². The van der Waals surface area contributed by atoms with Gasteiger partial charge in [-0.1, -0.05) is 19.3 Å². The number of rotatable bonds is 3. The number of benzene rings is 1. The van der Waals surface area contributed by atoms with Gasteiger partial charge in [-0.15, -0.1) is 0 Å². The van der Waals surface area contributed by atoms with E-state index in [4.69, 9.17) is 20.7 Å². The monoisotopic (exact) mass is 326 g/mol. The van der Waals surface area contributed by atoms with Crippen LogP contribution in [0.2, 0.25) is 0 Å². The van der Waals surface area contributed by atoms with Crippen LogP contribution < -0.4 is 16.2 Å². The van der Waals surface area contributed by atoms with Gasteiger partial charge in [0, 0.05) is 11.6 Å². The van der Waals surface area contributed by atoms with Crippen molar-refractivity contribution >= 4 is 12.3 Å². The first kappa shape index (κ1) is 20.9. The van der Waals surface area contributed by atoms with Crippen molar-refractivity contribution in [3.8, 4) is 11.5 Å². The Balaban J connectivity index is 0.000000347. The third-order valence-electron chi connectivity index (χ3n) is 3.16. The molecule has 1 aliphatic carbocycles. The molecule has 0 spiro atoms. The number of phenols is 1. The van der Waals surface area contributed by atoms with Crippen LogP contribution in [-0.4, -0.2) is 42.2 Å². The lowest BCUT2D eigenvalue weighted by molar-refractivity contribution is -0.135. The summed E-state index contributed by atoms with van der Waals surface area (Å²) < 4.78 is 4.78. The molecule has 2 rings (SSSR count). The molecule has 0 radical (unpaired) electrons. The highest BCUT2D eigenvalue weighted by Crippen LogP contribution is 2.25. The highest BCUT2D eigenvalue weighted by Gasteiger charge is 2.06. The van der Waals surface area contributed by atoms with Crippen LogP contribution in [0, 0.1) is 0 Å². The van der Waals surface area contributed by atoms with Crippen LogP contribution in [0.1, 0.15) is 42.5 Å². The minimum atomic E-state index is -0.968. The summed E-state index contributed by atoms with van der Waals surface area (Å²) in [4.78, 5) is 19.4. The van der Waals surface area contributed by atoms with E-state index in [1.165, 1.54) is 45.3 Å². The van der Waals surface area contributed by atoms with E-state index in [9.17, 15) is 9.59 Å². The van der Waals surface area contributed by atoms with Gasteiger partial charge in [-0.3, -0.25) is 9.59 Å². The number of aliphatic carboxylic acids is 1. The maximum Gasteiger partial charge on any atom is 0.317 e. The molecule has 1 aromatic carbocycles. The Bertz CT molecular complexity index is 474. The number of phenolic OH excluding ortho intramolecular Hbond substituents is 1. The zero-order valence-electron chi connectivity index (χ0n) is 13.4. The SMILES string of the molecule is COc1ccc(C=O)cc1O.NC1CCCCC1.NCC(=O)O. The summed E-state index contributed by atoms with van der Waals surface area (Å²) in [6.07, 6.45) is 7.33. The number of hydrogen-bond acceptors (Lipinski definition) is 6. The van der Waals surface area contributed by atoms with Crippen molar-refractivity contribution < 1.29 is 24.5 Å². The second-order valence-electron chi connectivity index (χ2n) is 5.05. The van der Waals surface area contributed by atoms with E-state index in [0.717, 1.165) is 0 Å². The number of hydrogen-bond donors (Lipinski definition) is 4. The lowest BCUT2D eigenvalue weighted by Gasteiger charge is -2.15. The first-order valence-corrected chi connectivity index (χ1v) is 7.44. The minimum absolute atomic E-state index is 0.0166. The summed E-state index contributed by atoms with van der Waals surface area (Å²) in [5.41, 5.74) is 10.6. The van der Waals surface area contributed by atoms with E-state index < -0.39 is 5.97 Å². The van der Waals surface area contributed by atoms with Gasteiger partial charge >= 0.3 is 5.97 Å². The zero-order valence-corrected chi connectivity index (χ0v) is 13.4. The molecule has 1 fully saturated rings. The topological polar surface area (TPSA) is 136 Å². The third-order valence-corrected chi connectivity index (χ3v) is 3.16. The molecule has 23 heavy (non-hydrogen) atoms. The average Bonchev–Trinajstić information content (AvgIpc) is 2.56. The average molecular weight is 326 g/mol. The molecule has 7 heteroatoms. The molecule has 0 aromatic heterocycles. The van der Waals surface area contributed by atoms with Crippen LogP contribution in [-0.2, 0) is 4.79 Å². The number of methoxy groups -OCH3 is 1. The van der Waals surface area contributed by atoms with Crippen molar-refractivity contribution in [3.05, 3.63) is 23.8 Å². The lowest BCUT2D eigenvalue weighted by Crippen LogP contribution is -2.22. The van der Waals surface area contributed by atoms with Crippen molar-refractivity contribution in [1.82, 2.24) is 0 Å². The van der Waals surface area contributed by atoms with Crippen molar-refractivity contribution in [2.24, 2.45) is 11.5 Å². The minimum Gasteiger partial charge on any atom is -0.504 e. The molecule has 0 atom stereocenters. The van der Waals surface area contributed by atoms with Crippen LogP contribution >= 0.6 is 0 Å². The normalized spacial score (nSPS) is 13.7. The van der Waals surface area contributed by atoms with Gasteiger partial charge < -0.3 is 26.4 Å². The van der Waals surface area contributed by atoms with Crippen molar-refractivity contribution in [2.75, 3.05) is 13.7 Å². The lowest BCUT2D eigenvalue weighted by atomic mass is 9.97. The molecule has 0 bridgehead atoms. The molecule has 0 heterocycles. The molecular weight excluding hydrogens is 300 g/mol. The molecule has 1 aromatic rings. The second kappa shape index (κ2) is 12.4. The van der Waals surface area contributed by atoms with Crippen LogP contribution in [0.25, 0.3) is 0 Å². The zero-order chi connectivity index (χ0) is 17.7. The van der Waals surface area contributed by atoms with Crippen LogP contribution in [0.15, 0.2) is 18.2 Å². The molecule has 6 N–H and O–H groups in total. The van der Waals surface area contributed by atoms with Gasteiger partial charge in [-0.2, -0.15) is 0 Å². The number of carbonyl (C=O) groups is 2. The molecule has 1 aliphatic rings. The Morgan fingerprint density at radius 2 is 1.91 bits per heavy atom. The fraction of sp³-hybridized carbons (Fsp3) is 0.500. The van der Waals surface area contributed by atoms with Gasteiger partial charge in [0.25, 0.3) is 0 Å². The number of aromatic hydroxyl groups is 1. The molecule has 0 aliphatic heterocycles. The standard InChI is InChI=1S/C8H8O3.C6H13N.C2H5NO2/c1-11-8-3-2-6(5-9)4-7(8)10;7-6-4-2-1-3-5-6;3-1-2(4)5/h2-5,10H,1H3;6H,1-5,7H2;1,3H2,(H,4,5). The van der Waals surface area contributed by atoms with E-state index in [0.29, 0.717) is 23.6 Å². The first-order chi connectivity index (χ1) is 10.9. The van der Waals surface area contributed by atoms with Gasteiger partial charge in [0.15, 0.2) is 11.5 Å². The Kier molecular flexibility index (Phi) is 11.3. The molecule has 7 nitrogen and oxygen atoms in total. The summed E-state index contributed by atoms with van der Waals surface area (Å²) in [7, 11) is 1.45. The first-order valence-electron chi connectivity index (χ1n) is 7.44. The van der Waals surface area contributed by atoms with E-state index >= 15 is 0 Å². The number of aldehydes is 1. The van der Waals surface area contributed by atoms with Gasteiger partial charge in [0.1, 0.15) is 6.29 Å². The third kappa shape index (κ3) is 10.3. The maximum absolute atomic E-state index is 10.2. The number of carbonyl (C=O) groups excluding carboxylic acids is 1. The molecule has 130 valence electrons. The Morgan fingerprint density at radius 1 is 1.35 bits per heavy atom. The van der Waals surface area contributed by atoms with Crippen molar-refractivity contribution in [3.63, 3.8) is 0 Å². The molecule has 0 amide bonds. The second-order valence-corrected chi connectivity index (χ2v) is 5.05. The molecule has 0 unspecified atom stereocenters. The van der Waals surface area contributed by atoms with Crippen LogP contribution in [0.3, 0.4) is 0 Å². The Hall–Kier alpha value is -2.12. The van der Waals surface area contributed by atoms with Gasteiger partial charge in [-0.25, -0.2) is 0 Å². The molecule has 1 saturated carbocycles. The summed E-state index contributed by atoms with van der Waals surface area (Å²) in [5, 5.41) is 16.7. The Labute approximate surface area is 136 Å². The predicted molar refractivity (Wildman–Crippen MR) is 87.8 cm³/mol.